The van der Waals surface area contributed by atoms with Crippen LogP contribution in [0.15, 0.2) is 48.0 Å². The van der Waals surface area contributed by atoms with Gasteiger partial charge in [-0.15, -0.1) is 11.3 Å². The number of Topliss-reactive ketones (excluding diaryl/α,β-unsaturated/α-hetero) is 1. The summed E-state index contributed by atoms with van der Waals surface area (Å²) in [5, 5.41) is 6.74. The van der Waals surface area contributed by atoms with Gasteiger partial charge in [-0.25, -0.2) is 9.50 Å². The zero-order valence-corrected chi connectivity index (χ0v) is 17.6. The van der Waals surface area contributed by atoms with Crippen molar-refractivity contribution in [3.63, 3.8) is 0 Å². The van der Waals surface area contributed by atoms with E-state index < -0.39 is 0 Å². The Morgan fingerprint density at radius 1 is 1.20 bits per heavy atom. The lowest BCUT2D eigenvalue weighted by Crippen LogP contribution is -2.20. The summed E-state index contributed by atoms with van der Waals surface area (Å²) in [6.07, 6.45) is 3.09. The van der Waals surface area contributed by atoms with Crippen LogP contribution in [0.2, 0.25) is 0 Å². The zero-order chi connectivity index (χ0) is 20.7. The first-order chi connectivity index (χ1) is 14.7. The molecule has 0 radical (unpaired) electrons. The molecule has 6 nitrogen and oxygen atoms in total. The first-order valence-corrected chi connectivity index (χ1v) is 10.7. The molecule has 1 aliphatic rings. The van der Waals surface area contributed by atoms with Gasteiger partial charge >= 0.3 is 0 Å². The SMILES string of the molecule is COCc1nn2cc3c(nc2c1-c1cccc(OC)c1)CC(c1cccs1)CC3=O. The molecule has 1 aromatic carbocycles. The van der Waals surface area contributed by atoms with E-state index in [9.17, 15) is 4.79 Å². The number of rotatable bonds is 5. The number of fused-ring (bicyclic) bond motifs is 2. The van der Waals surface area contributed by atoms with Crippen LogP contribution in [0.5, 0.6) is 5.75 Å². The Morgan fingerprint density at radius 3 is 2.87 bits per heavy atom. The third-order valence-corrected chi connectivity index (χ3v) is 6.55. The predicted octanol–water partition coefficient (Wildman–Crippen LogP) is 4.53. The van der Waals surface area contributed by atoms with Crippen molar-refractivity contribution in [2.45, 2.75) is 25.4 Å². The van der Waals surface area contributed by atoms with Gasteiger partial charge in [-0.3, -0.25) is 4.79 Å². The molecule has 3 aromatic heterocycles. The van der Waals surface area contributed by atoms with Gasteiger partial charge in [0.2, 0.25) is 0 Å². The Morgan fingerprint density at radius 2 is 2.10 bits per heavy atom. The Labute approximate surface area is 178 Å². The largest absolute Gasteiger partial charge is 0.497 e. The smallest absolute Gasteiger partial charge is 0.166 e. The van der Waals surface area contributed by atoms with E-state index in [0.717, 1.165) is 40.3 Å². The molecule has 0 aliphatic heterocycles. The molecule has 3 heterocycles. The number of ketones is 1. The lowest BCUT2D eigenvalue weighted by molar-refractivity contribution is 0.0963. The maximum absolute atomic E-state index is 12.9. The molecule has 0 amide bonds. The topological polar surface area (TPSA) is 65.7 Å². The van der Waals surface area contributed by atoms with E-state index in [1.165, 1.54) is 4.88 Å². The van der Waals surface area contributed by atoms with Crippen LogP contribution in [0.1, 0.15) is 39.0 Å². The third-order valence-electron chi connectivity index (χ3n) is 5.52. The number of methoxy groups -OCH3 is 2. The van der Waals surface area contributed by atoms with E-state index in [4.69, 9.17) is 14.5 Å². The Bertz CT molecular complexity index is 1230. The Kier molecular flexibility index (Phi) is 4.84. The zero-order valence-electron chi connectivity index (χ0n) is 16.8. The second-order valence-electron chi connectivity index (χ2n) is 7.40. The molecule has 152 valence electrons. The van der Waals surface area contributed by atoms with Gasteiger partial charge in [0.15, 0.2) is 11.4 Å². The maximum atomic E-state index is 12.9. The summed E-state index contributed by atoms with van der Waals surface area (Å²) in [6, 6.07) is 12.0. The normalized spacial score (nSPS) is 16.1. The van der Waals surface area contributed by atoms with Gasteiger partial charge in [0, 0.05) is 30.5 Å². The van der Waals surface area contributed by atoms with Crippen molar-refractivity contribution in [1.29, 1.82) is 0 Å². The molecular formula is C23H21N3O3S. The molecule has 1 aliphatic carbocycles. The molecule has 0 saturated carbocycles. The summed E-state index contributed by atoms with van der Waals surface area (Å²) < 4.78 is 12.5. The molecule has 0 bridgehead atoms. The minimum Gasteiger partial charge on any atom is -0.497 e. The van der Waals surface area contributed by atoms with Gasteiger partial charge in [-0.2, -0.15) is 5.10 Å². The summed E-state index contributed by atoms with van der Waals surface area (Å²) in [7, 11) is 3.29. The van der Waals surface area contributed by atoms with Gasteiger partial charge < -0.3 is 9.47 Å². The minimum absolute atomic E-state index is 0.121. The summed E-state index contributed by atoms with van der Waals surface area (Å²) in [4.78, 5) is 19.1. The van der Waals surface area contributed by atoms with E-state index in [-0.39, 0.29) is 11.7 Å². The van der Waals surface area contributed by atoms with Crippen molar-refractivity contribution in [1.82, 2.24) is 14.6 Å². The van der Waals surface area contributed by atoms with E-state index in [1.54, 1.807) is 30.1 Å². The first-order valence-electron chi connectivity index (χ1n) is 9.79. The fourth-order valence-corrected chi connectivity index (χ4v) is 4.95. The van der Waals surface area contributed by atoms with Crippen molar-refractivity contribution in [2.24, 2.45) is 0 Å². The van der Waals surface area contributed by atoms with E-state index in [0.29, 0.717) is 18.6 Å². The number of benzene rings is 1. The number of hydrogen-bond donors (Lipinski definition) is 0. The third kappa shape index (κ3) is 3.20. The fourth-order valence-electron chi connectivity index (χ4n) is 4.12. The van der Waals surface area contributed by atoms with Gasteiger partial charge in [-0.1, -0.05) is 18.2 Å². The number of thiophene rings is 1. The van der Waals surface area contributed by atoms with Crippen LogP contribution in [-0.4, -0.2) is 34.6 Å². The molecule has 0 N–H and O–H groups in total. The second kappa shape index (κ2) is 7.66. The van der Waals surface area contributed by atoms with Crippen molar-refractivity contribution in [3.05, 3.63) is 69.8 Å². The first kappa shape index (κ1) is 19.0. The average Bonchev–Trinajstić information content (AvgIpc) is 3.40. The summed E-state index contributed by atoms with van der Waals surface area (Å²) in [5.41, 5.74) is 4.88. The molecule has 0 saturated heterocycles. The lowest BCUT2D eigenvalue weighted by atomic mass is 9.85. The van der Waals surface area contributed by atoms with Crippen molar-refractivity contribution < 1.29 is 14.3 Å². The lowest BCUT2D eigenvalue weighted by Gasteiger charge is -2.22. The Balaban J connectivity index is 1.67. The quantitative estimate of drug-likeness (QED) is 0.476. The maximum Gasteiger partial charge on any atom is 0.166 e. The molecular weight excluding hydrogens is 398 g/mol. The highest BCUT2D eigenvalue weighted by atomic mass is 32.1. The van der Waals surface area contributed by atoms with Crippen molar-refractivity contribution >= 4 is 22.8 Å². The van der Waals surface area contributed by atoms with E-state index in [1.807, 2.05) is 36.5 Å². The molecule has 0 fully saturated rings. The fraction of sp³-hybridized carbons (Fsp3) is 0.261. The molecule has 1 unspecified atom stereocenters. The molecule has 1 atom stereocenters. The average molecular weight is 420 g/mol. The molecule has 4 aromatic rings. The van der Waals surface area contributed by atoms with Crippen LogP contribution in [0, 0.1) is 0 Å². The number of aromatic nitrogens is 3. The van der Waals surface area contributed by atoms with Crippen molar-refractivity contribution in [3.8, 4) is 16.9 Å². The number of ether oxygens (including phenoxy) is 2. The minimum atomic E-state index is 0.121. The van der Waals surface area contributed by atoms with Crippen LogP contribution >= 0.6 is 11.3 Å². The van der Waals surface area contributed by atoms with Crippen LogP contribution in [0.4, 0.5) is 0 Å². The number of hydrogen-bond acceptors (Lipinski definition) is 6. The highest BCUT2D eigenvalue weighted by Crippen LogP contribution is 2.36. The van der Waals surface area contributed by atoms with Crippen LogP contribution in [-0.2, 0) is 17.8 Å². The molecule has 5 rings (SSSR count). The van der Waals surface area contributed by atoms with E-state index in [2.05, 4.69) is 16.5 Å². The summed E-state index contributed by atoms with van der Waals surface area (Å²) in [6.45, 7) is 0.354. The van der Waals surface area contributed by atoms with Gasteiger partial charge in [0.05, 0.1) is 36.2 Å². The predicted molar refractivity (Wildman–Crippen MR) is 115 cm³/mol. The van der Waals surface area contributed by atoms with Crippen LogP contribution in [0.25, 0.3) is 16.8 Å². The number of nitrogens with zero attached hydrogens (tertiary/aromatic N) is 3. The van der Waals surface area contributed by atoms with Gasteiger partial charge in [0.25, 0.3) is 0 Å². The van der Waals surface area contributed by atoms with Crippen LogP contribution in [0.3, 0.4) is 0 Å². The number of carbonyl (C=O) groups excluding carboxylic acids is 1. The second-order valence-corrected chi connectivity index (χ2v) is 8.38. The monoisotopic (exact) mass is 419 g/mol. The Hall–Kier alpha value is -3.03. The highest BCUT2D eigenvalue weighted by molar-refractivity contribution is 7.10. The van der Waals surface area contributed by atoms with Gasteiger partial charge in [-0.05, 0) is 35.6 Å². The molecule has 0 spiro atoms. The summed E-state index contributed by atoms with van der Waals surface area (Å²) >= 11 is 1.70. The standard InChI is InChI=1S/C23H21N3O3S/c1-28-13-19-22(14-5-3-6-16(9-14)29-2)23-24-18-10-15(21-7-4-8-30-21)11-20(27)17(18)12-26(23)25-19/h3-9,12,15H,10-11,13H2,1-2H3. The molecule has 7 heteroatoms. The molecule has 30 heavy (non-hydrogen) atoms. The van der Waals surface area contributed by atoms with Crippen LogP contribution < -0.4 is 4.74 Å². The van der Waals surface area contributed by atoms with Gasteiger partial charge in [0.1, 0.15) is 5.75 Å². The number of carbonyl (C=O) groups is 1. The van der Waals surface area contributed by atoms with Crippen molar-refractivity contribution in [2.75, 3.05) is 14.2 Å². The summed E-state index contributed by atoms with van der Waals surface area (Å²) in [5.74, 6) is 1.07. The van der Waals surface area contributed by atoms with E-state index >= 15 is 0 Å². The highest BCUT2D eigenvalue weighted by Gasteiger charge is 2.30.